The Bertz CT molecular complexity index is 500. The van der Waals surface area contributed by atoms with Crippen LogP contribution in [0.2, 0.25) is 0 Å². The summed E-state index contributed by atoms with van der Waals surface area (Å²) in [6, 6.07) is 0.388. The third kappa shape index (κ3) is 4.01. The van der Waals surface area contributed by atoms with Gasteiger partial charge in [-0.05, 0) is 70.4 Å². The van der Waals surface area contributed by atoms with Crippen molar-refractivity contribution < 1.29 is 14.2 Å². The second kappa shape index (κ2) is 8.86. The van der Waals surface area contributed by atoms with Crippen LogP contribution in [0, 0.1) is 11.8 Å². The Labute approximate surface area is 170 Å². The van der Waals surface area contributed by atoms with Crippen molar-refractivity contribution in [2.45, 2.75) is 75.3 Å². The lowest BCUT2D eigenvalue weighted by molar-refractivity contribution is -0.0948. The predicted octanol–water partition coefficient (Wildman–Crippen LogP) is 1.74. The quantitative estimate of drug-likeness (QED) is 0.654. The highest BCUT2D eigenvalue weighted by Crippen LogP contribution is 2.38. The van der Waals surface area contributed by atoms with Crippen LogP contribution in [0.3, 0.4) is 0 Å². The molecule has 6 heteroatoms. The maximum atomic E-state index is 6.58. The van der Waals surface area contributed by atoms with Crippen LogP contribution in [0.15, 0.2) is 0 Å². The van der Waals surface area contributed by atoms with Crippen molar-refractivity contribution in [2.75, 3.05) is 52.6 Å². The average Bonchev–Trinajstić information content (AvgIpc) is 2.76. The van der Waals surface area contributed by atoms with Crippen LogP contribution in [-0.2, 0) is 14.2 Å². The van der Waals surface area contributed by atoms with E-state index >= 15 is 0 Å². The molecule has 160 valence electrons. The van der Waals surface area contributed by atoms with Crippen LogP contribution in [-0.4, -0.2) is 81.4 Å². The summed E-state index contributed by atoms with van der Waals surface area (Å²) in [5.74, 6) is 1.49. The molecule has 6 fully saturated rings. The van der Waals surface area contributed by atoms with E-state index in [-0.39, 0.29) is 11.8 Å². The molecular weight excluding hydrogens is 354 g/mol. The number of nitrogens with one attached hydrogen (secondary N) is 2. The van der Waals surface area contributed by atoms with E-state index in [0.29, 0.717) is 18.1 Å². The summed E-state index contributed by atoms with van der Waals surface area (Å²) in [5, 5.41) is 7.54. The minimum atomic E-state index is 0.0551. The van der Waals surface area contributed by atoms with E-state index in [1.165, 1.54) is 51.4 Å². The molecule has 0 amide bonds. The van der Waals surface area contributed by atoms with Gasteiger partial charge in [0.15, 0.2) is 0 Å². The Balaban J connectivity index is 1.34. The molecule has 1 aliphatic carbocycles. The number of ether oxygens (including phenoxy) is 3. The number of rotatable bonds is 0. The van der Waals surface area contributed by atoms with E-state index in [2.05, 4.69) is 15.5 Å². The number of hydrogen-bond acceptors (Lipinski definition) is 6. The summed E-state index contributed by atoms with van der Waals surface area (Å²) in [6.45, 7) is 7.51. The molecule has 1 saturated carbocycles. The van der Waals surface area contributed by atoms with Gasteiger partial charge in [0.1, 0.15) is 6.23 Å². The molecule has 0 aromatic carbocycles. The van der Waals surface area contributed by atoms with E-state index in [0.717, 1.165) is 58.5 Å². The number of fused-ring (bicyclic) bond motifs is 5. The summed E-state index contributed by atoms with van der Waals surface area (Å²) in [6.07, 6.45) is 10.8. The van der Waals surface area contributed by atoms with E-state index in [9.17, 15) is 0 Å². The standard InChI is InChI=1S/C22H39N3O3/c1-3-19-17-4-6-18(7-5-17)28-15-20-22(16-26-13-10-24-22)8-2-11-25(20)12-14-27-21(19)23-9-1/h17-21,23-24H,1-16H2/t17?,18?,19?,20-,21?,22+/m0/s1. The number of nitrogens with zero attached hydrogens (tertiary/aromatic N) is 1. The predicted molar refractivity (Wildman–Crippen MR) is 108 cm³/mol. The fraction of sp³-hybridized carbons (Fsp3) is 1.00. The third-order valence-electron chi connectivity index (χ3n) is 8.17. The summed E-state index contributed by atoms with van der Waals surface area (Å²) in [5.41, 5.74) is 0.0551. The molecule has 0 aromatic heterocycles. The summed E-state index contributed by atoms with van der Waals surface area (Å²) in [7, 11) is 0. The minimum Gasteiger partial charge on any atom is -0.378 e. The van der Waals surface area contributed by atoms with Crippen LogP contribution in [0.25, 0.3) is 0 Å². The minimum absolute atomic E-state index is 0.0551. The molecule has 28 heavy (non-hydrogen) atoms. The highest BCUT2D eigenvalue weighted by molar-refractivity contribution is 5.04. The van der Waals surface area contributed by atoms with Gasteiger partial charge in [0, 0.05) is 19.0 Å². The van der Waals surface area contributed by atoms with Crippen molar-refractivity contribution in [2.24, 2.45) is 11.8 Å². The van der Waals surface area contributed by atoms with E-state index < -0.39 is 0 Å². The van der Waals surface area contributed by atoms with E-state index in [1.807, 2.05) is 0 Å². The molecule has 1 spiro atoms. The SMILES string of the molecule is C1CNC2OCCN3CCC[C@@]4(COCCN4)[C@@H]3COC3CCC(CC3)C2C1. The molecule has 2 unspecified atom stereocenters. The maximum absolute atomic E-state index is 6.58. The van der Waals surface area contributed by atoms with Crippen LogP contribution in [0.4, 0.5) is 0 Å². The highest BCUT2D eigenvalue weighted by atomic mass is 16.5. The Morgan fingerprint density at radius 3 is 2.68 bits per heavy atom. The van der Waals surface area contributed by atoms with E-state index in [4.69, 9.17) is 14.2 Å². The highest BCUT2D eigenvalue weighted by Gasteiger charge is 2.46. The number of morpholine rings is 1. The van der Waals surface area contributed by atoms with Gasteiger partial charge in [0.05, 0.1) is 44.1 Å². The van der Waals surface area contributed by atoms with Gasteiger partial charge in [-0.25, -0.2) is 0 Å². The fourth-order valence-corrected chi connectivity index (χ4v) is 6.61. The Kier molecular flexibility index (Phi) is 6.24. The first-order valence-corrected chi connectivity index (χ1v) is 11.9. The molecule has 4 atom stereocenters. The average molecular weight is 394 g/mol. The molecule has 6 rings (SSSR count). The van der Waals surface area contributed by atoms with Crippen LogP contribution in [0.1, 0.15) is 51.4 Å². The largest absolute Gasteiger partial charge is 0.378 e. The Morgan fingerprint density at radius 1 is 0.893 bits per heavy atom. The first-order chi connectivity index (χ1) is 13.8. The molecule has 5 heterocycles. The zero-order valence-electron chi connectivity index (χ0n) is 17.4. The molecule has 2 N–H and O–H groups in total. The van der Waals surface area contributed by atoms with Gasteiger partial charge in [-0.15, -0.1) is 0 Å². The Hall–Kier alpha value is -0.240. The normalized spacial score (nSPS) is 46.1. The molecule has 6 aliphatic rings. The van der Waals surface area contributed by atoms with Crippen molar-refractivity contribution in [3.8, 4) is 0 Å². The van der Waals surface area contributed by atoms with Crippen molar-refractivity contribution >= 4 is 0 Å². The van der Waals surface area contributed by atoms with Gasteiger partial charge in [0.25, 0.3) is 0 Å². The second-order valence-electron chi connectivity index (χ2n) is 9.71. The first kappa shape index (κ1) is 19.7. The molecule has 6 nitrogen and oxygen atoms in total. The molecular formula is C22H39N3O3. The van der Waals surface area contributed by atoms with Gasteiger partial charge in [-0.3, -0.25) is 10.2 Å². The molecule has 0 aromatic rings. The lowest BCUT2D eigenvalue weighted by Crippen LogP contribution is -2.70. The summed E-state index contributed by atoms with van der Waals surface area (Å²) < 4.78 is 19.0. The van der Waals surface area contributed by atoms with Crippen LogP contribution >= 0.6 is 0 Å². The van der Waals surface area contributed by atoms with E-state index in [1.54, 1.807) is 0 Å². The lowest BCUT2D eigenvalue weighted by Gasteiger charge is -2.52. The number of hydrogen-bond donors (Lipinski definition) is 2. The smallest absolute Gasteiger partial charge is 0.111 e. The summed E-state index contributed by atoms with van der Waals surface area (Å²) in [4.78, 5) is 2.63. The first-order valence-electron chi connectivity index (χ1n) is 11.9. The molecule has 5 saturated heterocycles. The van der Waals surface area contributed by atoms with Gasteiger partial charge in [0.2, 0.25) is 0 Å². The van der Waals surface area contributed by atoms with Crippen molar-refractivity contribution in [1.82, 2.24) is 15.5 Å². The summed E-state index contributed by atoms with van der Waals surface area (Å²) >= 11 is 0. The van der Waals surface area contributed by atoms with Gasteiger partial charge >= 0.3 is 0 Å². The zero-order chi connectivity index (χ0) is 18.8. The van der Waals surface area contributed by atoms with Crippen molar-refractivity contribution in [3.05, 3.63) is 0 Å². The van der Waals surface area contributed by atoms with Crippen molar-refractivity contribution in [3.63, 3.8) is 0 Å². The lowest BCUT2D eigenvalue weighted by atomic mass is 9.75. The monoisotopic (exact) mass is 393 g/mol. The topological polar surface area (TPSA) is 55.0 Å². The Morgan fingerprint density at radius 2 is 1.82 bits per heavy atom. The fourth-order valence-electron chi connectivity index (χ4n) is 6.61. The van der Waals surface area contributed by atoms with Gasteiger partial charge < -0.3 is 19.5 Å². The molecule has 5 aliphatic heterocycles. The van der Waals surface area contributed by atoms with Crippen LogP contribution < -0.4 is 10.6 Å². The van der Waals surface area contributed by atoms with Gasteiger partial charge in [-0.1, -0.05) is 0 Å². The second-order valence-corrected chi connectivity index (χ2v) is 9.71. The molecule has 2 bridgehead atoms. The maximum Gasteiger partial charge on any atom is 0.111 e. The van der Waals surface area contributed by atoms with Crippen LogP contribution in [0.5, 0.6) is 0 Å². The number of piperidine rings is 2. The molecule has 0 radical (unpaired) electrons. The zero-order valence-corrected chi connectivity index (χ0v) is 17.4. The third-order valence-corrected chi connectivity index (χ3v) is 8.17. The van der Waals surface area contributed by atoms with Crippen molar-refractivity contribution in [1.29, 1.82) is 0 Å². The van der Waals surface area contributed by atoms with Gasteiger partial charge in [-0.2, -0.15) is 0 Å².